The van der Waals surface area contributed by atoms with E-state index in [1.165, 1.54) is 64.6 Å². The van der Waals surface area contributed by atoms with Gasteiger partial charge in [0.05, 0.1) is 17.1 Å². The van der Waals surface area contributed by atoms with Crippen LogP contribution in [0.3, 0.4) is 0 Å². The summed E-state index contributed by atoms with van der Waals surface area (Å²) in [7, 11) is 0. The quantitative estimate of drug-likeness (QED) is 0.235. The molecule has 0 atom stereocenters. The molecular weight excluding hydrogens is 400 g/mol. The van der Waals surface area contributed by atoms with Crippen molar-refractivity contribution in [3.05, 3.63) is 82.4 Å². The van der Waals surface area contributed by atoms with Crippen LogP contribution < -0.4 is 0 Å². The first-order valence-corrected chi connectivity index (χ1v) is 12.2. The van der Waals surface area contributed by atoms with Gasteiger partial charge >= 0.3 is 0 Å². The average Bonchev–Trinajstić information content (AvgIpc) is 2.81. The zero-order valence-electron chi connectivity index (χ0n) is 21.2. The fourth-order valence-electron chi connectivity index (χ4n) is 4.21. The van der Waals surface area contributed by atoms with Gasteiger partial charge in [-0.25, -0.2) is 0 Å². The van der Waals surface area contributed by atoms with Crippen molar-refractivity contribution < 1.29 is 0 Å². The fraction of sp³-hybridized carbons (Fsp3) is 0.355. The minimum atomic E-state index is 0.903. The predicted molar refractivity (Wildman–Crippen MR) is 146 cm³/mol. The lowest BCUT2D eigenvalue weighted by Crippen LogP contribution is -1.95. The maximum absolute atomic E-state index is 4.86. The number of nitrogens with zero attached hydrogens (tertiary/aromatic N) is 2. The summed E-state index contributed by atoms with van der Waals surface area (Å²) in [6, 6.07) is 19.3. The molecule has 33 heavy (non-hydrogen) atoms. The topological polar surface area (TPSA) is 24.7 Å². The summed E-state index contributed by atoms with van der Waals surface area (Å²) in [5.41, 5.74) is 12.0. The van der Waals surface area contributed by atoms with E-state index in [1.54, 1.807) is 0 Å². The van der Waals surface area contributed by atoms with Crippen molar-refractivity contribution >= 4 is 23.3 Å². The van der Waals surface area contributed by atoms with Crippen molar-refractivity contribution in [2.24, 2.45) is 9.98 Å². The van der Waals surface area contributed by atoms with Gasteiger partial charge in [0.1, 0.15) is 0 Å². The molecule has 0 aromatic heterocycles. The van der Waals surface area contributed by atoms with Gasteiger partial charge in [-0.05, 0) is 111 Å². The molecule has 0 amide bonds. The SMILES string of the molecule is CCCCCCc1cc(N=CC(C)=Nc2cc(C)c(C)c(-c3ccccc3)c2)cc(C)c1C. The molecule has 0 aliphatic heterocycles. The van der Waals surface area contributed by atoms with E-state index in [4.69, 9.17) is 9.98 Å². The Kier molecular flexibility index (Phi) is 8.77. The molecule has 0 fully saturated rings. The van der Waals surface area contributed by atoms with Gasteiger partial charge in [0.15, 0.2) is 0 Å². The van der Waals surface area contributed by atoms with Crippen molar-refractivity contribution in [1.82, 2.24) is 0 Å². The molecular formula is C31H38N2. The number of unbranched alkanes of at least 4 members (excludes halogenated alkanes) is 3. The molecule has 0 spiro atoms. The Hall–Kier alpha value is -3.00. The summed E-state index contributed by atoms with van der Waals surface area (Å²) in [5.74, 6) is 0. The van der Waals surface area contributed by atoms with Crippen LogP contribution in [0.15, 0.2) is 64.6 Å². The van der Waals surface area contributed by atoms with Gasteiger partial charge in [-0.15, -0.1) is 0 Å². The minimum absolute atomic E-state index is 0.903. The van der Waals surface area contributed by atoms with Crippen LogP contribution in [0.5, 0.6) is 0 Å². The van der Waals surface area contributed by atoms with Crippen molar-refractivity contribution in [1.29, 1.82) is 0 Å². The van der Waals surface area contributed by atoms with Crippen LogP contribution in [0.2, 0.25) is 0 Å². The number of aliphatic imine (C=N–C) groups is 2. The Morgan fingerprint density at radius 1 is 0.788 bits per heavy atom. The van der Waals surface area contributed by atoms with E-state index in [0.717, 1.165) is 23.5 Å². The van der Waals surface area contributed by atoms with E-state index in [-0.39, 0.29) is 0 Å². The van der Waals surface area contributed by atoms with E-state index in [2.05, 4.69) is 89.2 Å². The maximum Gasteiger partial charge on any atom is 0.0642 e. The Morgan fingerprint density at radius 2 is 1.48 bits per heavy atom. The Balaban J connectivity index is 1.82. The van der Waals surface area contributed by atoms with Crippen molar-refractivity contribution in [2.75, 3.05) is 0 Å². The molecule has 3 aromatic carbocycles. The monoisotopic (exact) mass is 438 g/mol. The third-order valence-electron chi connectivity index (χ3n) is 6.50. The average molecular weight is 439 g/mol. The molecule has 0 aliphatic rings. The van der Waals surface area contributed by atoms with Crippen molar-refractivity contribution in [3.8, 4) is 11.1 Å². The lowest BCUT2D eigenvalue weighted by Gasteiger charge is -2.11. The van der Waals surface area contributed by atoms with Crippen LogP contribution >= 0.6 is 0 Å². The highest BCUT2D eigenvalue weighted by atomic mass is 14.8. The third-order valence-corrected chi connectivity index (χ3v) is 6.50. The van der Waals surface area contributed by atoms with Crippen LogP contribution in [0.1, 0.15) is 67.3 Å². The van der Waals surface area contributed by atoms with Gasteiger partial charge in [-0.2, -0.15) is 0 Å². The molecule has 172 valence electrons. The molecule has 0 saturated carbocycles. The summed E-state index contributed by atoms with van der Waals surface area (Å²) in [6.45, 7) is 13.0. The molecule has 0 saturated heterocycles. The summed E-state index contributed by atoms with van der Waals surface area (Å²) in [6.07, 6.45) is 8.16. The molecule has 0 unspecified atom stereocenters. The molecule has 0 N–H and O–H groups in total. The number of rotatable bonds is 9. The summed E-state index contributed by atoms with van der Waals surface area (Å²) in [4.78, 5) is 9.64. The fourth-order valence-corrected chi connectivity index (χ4v) is 4.21. The normalized spacial score (nSPS) is 12.0. The molecule has 2 nitrogen and oxygen atoms in total. The number of hydrogen-bond acceptors (Lipinski definition) is 2. The van der Waals surface area contributed by atoms with Crippen LogP contribution in [0, 0.1) is 27.7 Å². The van der Waals surface area contributed by atoms with Gasteiger partial charge < -0.3 is 0 Å². The zero-order valence-corrected chi connectivity index (χ0v) is 21.2. The molecule has 0 aliphatic carbocycles. The van der Waals surface area contributed by atoms with Crippen LogP contribution in [-0.4, -0.2) is 11.9 Å². The highest BCUT2D eigenvalue weighted by Crippen LogP contribution is 2.30. The molecule has 3 rings (SSSR count). The zero-order chi connectivity index (χ0) is 23.8. The highest BCUT2D eigenvalue weighted by Gasteiger charge is 2.07. The minimum Gasteiger partial charge on any atom is -0.255 e. The Bertz CT molecular complexity index is 1140. The second-order valence-electron chi connectivity index (χ2n) is 9.17. The van der Waals surface area contributed by atoms with Crippen molar-refractivity contribution in [2.45, 2.75) is 73.6 Å². The van der Waals surface area contributed by atoms with Crippen LogP contribution in [0.4, 0.5) is 11.4 Å². The number of benzene rings is 3. The first-order valence-electron chi connectivity index (χ1n) is 12.2. The predicted octanol–water partition coefficient (Wildman–Crippen LogP) is 9.20. The van der Waals surface area contributed by atoms with Crippen LogP contribution in [0.25, 0.3) is 11.1 Å². The first-order chi connectivity index (χ1) is 15.9. The second kappa shape index (κ2) is 11.7. The molecule has 0 radical (unpaired) electrons. The highest BCUT2D eigenvalue weighted by molar-refractivity contribution is 6.30. The lowest BCUT2D eigenvalue weighted by molar-refractivity contribution is 0.665. The van der Waals surface area contributed by atoms with Gasteiger partial charge in [0, 0.05) is 6.21 Å². The van der Waals surface area contributed by atoms with Crippen molar-refractivity contribution in [3.63, 3.8) is 0 Å². The molecule has 0 heterocycles. The smallest absolute Gasteiger partial charge is 0.0642 e. The Morgan fingerprint density at radius 3 is 2.21 bits per heavy atom. The molecule has 2 heteroatoms. The first kappa shape index (κ1) is 24.6. The van der Waals surface area contributed by atoms with E-state index in [9.17, 15) is 0 Å². The largest absolute Gasteiger partial charge is 0.255 e. The van der Waals surface area contributed by atoms with E-state index >= 15 is 0 Å². The van der Waals surface area contributed by atoms with Gasteiger partial charge in [0.25, 0.3) is 0 Å². The summed E-state index contributed by atoms with van der Waals surface area (Å²) < 4.78 is 0. The van der Waals surface area contributed by atoms with Gasteiger partial charge in [-0.1, -0.05) is 56.5 Å². The van der Waals surface area contributed by atoms with E-state index < -0.39 is 0 Å². The second-order valence-corrected chi connectivity index (χ2v) is 9.17. The Labute approximate surface area is 200 Å². The summed E-state index contributed by atoms with van der Waals surface area (Å²) >= 11 is 0. The number of hydrogen-bond donors (Lipinski definition) is 0. The van der Waals surface area contributed by atoms with Crippen LogP contribution in [-0.2, 0) is 6.42 Å². The van der Waals surface area contributed by atoms with E-state index in [0.29, 0.717) is 0 Å². The summed E-state index contributed by atoms with van der Waals surface area (Å²) in [5, 5.41) is 0. The van der Waals surface area contributed by atoms with Gasteiger partial charge in [-0.3, -0.25) is 9.98 Å². The molecule has 0 bridgehead atoms. The number of aryl methyl sites for hydroxylation is 3. The standard InChI is InChI=1S/C31H38N2/c1-7-8-9-11-16-28-19-29(17-22(2)25(28)5)32-21-24(4)33-30-18-23(3)26(6)31(20-30)27-14-12-10-13-15-27/h10,12-15,17-21H,7-9,11,16H2,1-6H3. The molecule has 3 aromatic rings. The van der Waals surface area contributed by atoms with Gasteiger partial charge in [0.2, 0.25) is 0 Å². The third kappa shape index (κ3) is 6.74. The maximum atomic E-state index is 4.86. The lowest BCUT2D eigenvalue weighted by atomic mass is 9.96. The van der Waals surface area contributed by atoms with E-state index in [1.807, 2.05) is 13.1 Å².